The number of pyridine rings is 1. The third-order valence-corrected chi connectivity index (χ3v) is 5.58. The van der Waals surface area contributed by atoms with Crippen LogP contribution < -0.4 is 4.72 Å². The molecule has 1 heterocycles. The summed E-state index contributed by atoms with van der Waals surface area (Å²) in [5.74, 6) is 0.155. The zero-order chi connectivity index (χ0) is 14.9. The van der Waals surface area contributed by atoms with Crippen molar-refractivity contribution in [3.8, 4) is 0 Å². The molecule has 106 valence electrons. The van der Waals surface area contributed by atoms with Crippen LogP contribution in [-0.4, -0.2) is 13.4 Å². The number of anilines is 1. The highest BCUT2D eigenvalue weighted by molar-refractivity contribution is 9.10. The van der Waals surface area contributed by atoms with Gasteiger partial charge < -0.3 is 0 Å². The summed E-state index contributed by atoms with van der Waals surface area (Å²) in [7, 11) is -3.94. The van der Waals surface area contributed by atoms with Gasteiger partial charge in [-0.2, -0.15) is 0 Å². The van der Waals surface area contributed by atoms with E-state index in [2.05, 4.69) is 41.6 Å². The monoisotopic (exact) mass is 458 g/mol. The number of hydrogen-bond acceptors (Lipinski definition) is 3. The molecule has 0 fully saturated rings. The van der Waals surface area contributed by atoms with Gasteiger partial charge in [0.1, 0.15) is 4.90 Å². The minimum atomic E-state index is -3.94. The summed E-state index contributed by atoms with van der Waals surface area (Å²) in [6, 6.07) is 6.24. The van der Waals surface area contributed by atoms with E-state index >= 15 is 0 Å². The van der Waals surface area contributed by atoms with Crippen molar-refractivity contribution in [2.45, 2.75) is 4.90 Å². The fraction of sp³-hybridized carbons (Fsp3) is 0. The molecular formula is C11H6Br2Cl2N2O2S. The molecule has 0 saturated heterocycles. The minimum absolute atomic E-state index is 0.0175. The number of benzene rings is 1. The van der Waals surface area contributed by atoms with Crippen molar-refractivity contribution in [2.24, 2.45) is 0 Å². The number of halogens is 4. The van der Waals surface area contributed by atoms with Gasteiger partial charge in [-0.1, -0.05) is 39.1 Å². The van der Waals surface area contributed by atoms with Crippen molar-refractivity contribution in [2.75, 3.05) is 4.72 Å². The molecule has 0 radical (unpaired) electrons. The van der Waals surface area contributed by atoms with E-state index in [9.17, 15) is 8.42 Å². The van der Waals surface area contributed by atoms with Gasteiger partial charge in [0.15, 0.2) is 5.82 Å². The van der Waals surface area contributed by atoms with E-state index in [1.165, 1.54) is 18.3 Å². The summed E-state index contributed by atoms with van der Waals surface area (Å²) in [6.45, 7) is 0. The maximum Gasteiger partial charge on any atom is 0.266 e. The maximum absolute atomic E-state index is 12.4. The Bertz CT molecular complexity index is 746. The summed E-state index contributed by atoms with van der Waals surface area (Å²) >= 11 is 18.3. The normalized spacial score (nSPS) is 11.4. The second-order valence-electron chi connectivity index (χ2n) is 3.64. The molecule has 0 atom stereocenters. The van der Waals surface area contributed by atoms with E-state index in [0.29, 0.717) is 8.95 Å². The van der Waals surface area contributed by atoms with Crippen LogP contribution in [0.2, 0.25) is 10.0 Å². The molecule has 1 aromatic heterocycles. The second-order valence-corrected chi connectivity index (χ2v) is 7.84. The molecule has 0 bridgehead atoms. The first-order valence-electron chi connectivity index (χ1n) is 5.09. The largest absolute Gasteiger partial charge is 0.266 e. The van der Waals surface area contributed by atoms with Crippen molar-refractivity contribution in [3.63, 3.8) is 0 Å². The van der Waals surface area contributed by atoms with E-state index in [1.54, 1.807) is 12.1 Å². The van der Waals surface area contributed by atoms with Crippen LogP contribution in [0, 0.1) is 0 Å². The van der Waals surface area contributed by atoms with Gasteiger partial charge in [0.2, 0.25) is 0 Å². The van der Waals surface area contributed by atoms with Gasteiger partial charge in [-0.05, 0) is 40.2 Å². The molecule has 0 unspecified atom stereocenters. The molecule has 4 nitrogen and oxygen atoms in total. The highest BCUT2D eigenvalue weighted by Crippen LogP contribution is 2.34. The number of sulfonamides is 1. The number of hydrogen-bond donors (Lipinski definition) is 1. The van der Waals surface area contributed by atoms with Crippen LogP contribution >= 0.6 is 55.1 Å². The van der Waals surface area contributed by atoms with E-state index in [-0.39, 0.29) is 20.8 Å². The lowest BCUT2D eigenvalue weighted by Crippen LogP contribution is -2.15. The van der Waals surface area contributed by atoms with Gasteiger partial charge in [0.25, 0.3) is 10.0 Å². The van der Waals surface area contributed by atoms with Gasteiger partial charge >= 0.3 is 0 Å². The highest BCUT2D eigenvalue weighted by Gasteiger charge is 2.23. The Morgan fingerprint density at radius 2 is 1.75 bits per heavy atom. The van der Waals surface area contributed by atoms with Crippen molar-refractivity contribution in [1.29, 1.82) is 0 Å². The lowest BCUT2D eigenvalue weighted by atomic mass is 10.4. The van der Waals surface area contributed by atoms with Crippen LogP contribution in [0.4, 0.5) is 5.82 Å². The summed E-state index contributed by atoms with van der Waals surface area (Å²) in [5.41, 5.74) is 0. The Balaban J connectivity index is 2.50. The smallest absolute Gasteiger partial charge is 0.262 e. The van der Waals surface area contributed by atoms with Crippen LogP contribution in [0.3, 0.4) is 0 Å². The minimum Gasteiger partial charge on any atom is -0.262 e. The number of aromatic nitrogens is 1. The Labute approximate surface area is 142 Å². The van der Waals surface area contributed by atoms with Crippen molar-refractivity contribution >= 4 is 70.9 Å². The number of nitrogens with zero attached hydrogens (tertiary/aromatic N) is 1. The zero-order valence-electron chi connectivity index (χ0n) is 9.57. The first-order chi connectivity index (χ1) is 9.31. The maximum atomic E-state index is 12.4. The van der Waals surface area contributed by atoms with E-state index in [0.717, 1.165) is 0 Å². The summed E-state index contributed by atoms with van der Waals surface area (Å²) in [4.78, 5) is 3.74. The van der Waals surface area contributed by atoms with Crippen LogP contribution in [-0.2, 0) is 10.0 Å². The molecule has 20 heavy (non-hydrogen) atoms. The molecule has 0 saturated carbocycles. The second kappa shape index (κ2) is 6.19. The van der Waals surface area contributed by atoms with Crippen LogP contribution in [0.1, 0.15) is 0 Å². The van der Waals surface area contributed by atoms with Crippen LogP contribution in [0.5, 0.6) is 0 Å². The van der Waals surface area contributed by atoms with Crippen molar-refractivity contribution in [1.82, 2.24) is 4.98 Å². The average Bonchev–Trinajstić information content (AvgIpc) is 2.30. The molecule has 0 aliphatic carbocycles. The molecule has 0 aliphatic rings. The molecule has 1 aromatic carbocycles. The fourth-order valence-corrected chi connectivity index (χ4v) is 4.88. The lowest BCUT2D eigenvalue weighted by molar-refractivity contribution is 0.601. The van der Waals surface area contributed by atoms with E-state index < -0.39 is 10.0 Å². The summed E-state index contributed by atoms with van der Waals surface area (Å²) in [5, 5.41) is 0.0351. The molecule has 0 spiro atoms. The van der Waals surface area contributed by atoms with Crippen molar-refractivity contribution < 1.29 is 8.42 Å². The quantitative estimate of drug-likeness (QED) is 0.721. The van der Waals surface area contributed by atoms with Gasteiger partial charge in [0, 0.05) is 10.7 Å². The molecular weight excluding hydrogens is 455 g/mol. The van der Waals surface area contributed by atoms with Gasteiger partial charge in [0.05, 0.1) is 14.5 Å². The Morgan fingerprint density at radius 3 is 2.30 bits per heavy atom. The predicted molar refractivity (Wildman–Crippen MR) is 86.9 cm³/mol. The Hall–Kier alpha value is -0.340. The van der Waals surface area contributed by atoms with E-state index in [1.807, 2.05) is 0 Å². The fourth-order valence-electron chi connectivity index (χ4n) is 1.42. The lowest BCUT2D eigenvalue weighted by Gasteiger charge is -2.11. The van der Waals surface area contributed by atoms with E-state index in [4.69, 9.17) is 23.2 Å². The molecule has 9 heteroatoms. The first-order valence-corrected chi connectivity index (χ1v) is 8.91. The standard InChI is InChI=1S/C11H6Br2Cl2N2O2S/c12-6-4-8(14)10(9(15)5-6)20(18,19)17-11-7(13)2-1-3-16-11/h1-5H,(H,16,17). The molecule has 0 amide bonds. The van der Waals surface area contributed by atoms with Gasteiger partial charge in [-0.3, -0.25) is 4.72 Å². The number of rotatable bonds is 3. The molecule has 1 N–H and O–H groups in total. The van der Waals surface area contributed by atoms with Crippen molar-refractivity contribution in [3.05, 3.63) is 49.5 Å². The third kappa shape index (κ3) is 3.46. The zero-order valence-corrected chi connectivity index (χ0v) is 15.1. The van der Waals surface area contributed by atoms with Gasteiger partial charge in [-0.25, -0.2) is 13.4 Å². The van der Waals surface area contributed by atoms with Crippen LogP contribution in [0.15, 0.2) is 44.3 Å². The summed E-state index contributed by atoms with van der Waals surface area (Å²) < 4.78 is 28.1. The van der Waals surface area contributed by atoms with Gasteiger partial charge in [-0.15, -0.1) is 0 Å². The predicted octanol–water partition coefficient (Wildman–Crippen LogP) is 4.71. The number of nitrogens with one attached hydrogen (secondary N) is 1. The Morgan fingerprint density at radius 1 is 1.15 bits per heavy atom. The molecule has 2 aromatic rings. The van der Waals surface area contributed by atoms with Crippen LogP contribution in [0.25, 0.3) is 0 Å². The molecule has 2 rings (SSSR count). The topological polar surface area (TPSA) is 59.1 Å². The first kappa shape index (κ1) is 16.0. The summed E-state index contributed by atoms with van der Waals surface area (Å²) in [6.07, 6.45) is 1.47. The Kier molecular flexibility index (Phi) is 4.96. The average molecular weight is 461 g/mol. The third-order valence-electron chi connectivity index (χ3n) is 2.22. The SMILES string of the molecule is O=S(=O)(Nc1ncccc1Br)c1c(Cl)cc(Br)cc1Cl. The molecule has 0 aliphatic heterocycles. The highest BCUT2D eigenvalue weighted by atomic mass is 79.9.